The number of aliphatic hydroxyl groups excluding tert-OH is 1. The van der Waals surface area contributed by atoms with Crippen molar-refractivity contribution in [1.29, 1.82) is 0 Å². The molecular weight excluding hydrogens is 490 g/mol. The lowest BCUT2D eigenvalue weighted by Gasteiger charge is -2.47. The molecule has 1 aliphatic carbocycles. The molecule has 0 saturated heterocycles. The molecule has 4 rings (SSSR count). The number of nitrogens with one attached hydrogen (secondary N) is 2. The van der Waals surface area contributed by atoms with Crippen LogP contribution in [0, 0.1) is 17.8 Å². The van der Waals surface area contributed by atoms with E-state index in [0.717, 1.165) is 48.8 Å². The zero-order chi connectivity index (χ0) is 28.0. The predicted molar refractivity (Wildman–Crippen MR) is 152 cm³/mol. The lowest BCUT2D eigenvalue weighted by Crippen LogP contribution is -2.52. The number of carbonyl (C=O) groups excluding carboxylic acids is 1. The largest absolute Gasteiger partial charge is 0.471 e. The van der Waals surface area contributed by atoms with Crippen LogP contribution in [0.4, 0.5) is 0 Å². The Kier molecular flexibility index (Phi) is 9.32. The van der Waals surface area contributed by atoms with E-state index in [-0.39, 0.29) is 29.6 Å². The Morgan fingerprint density at radius 3 is 2.77 bits per heavy atom. The minimum absolute atomic E-state index is 0.000614. The average molecular weight is 534 g/mol. The van der Waals surface area contributed by atoms with Gasteiger partial charge in [0.05, 0.1) is 12.1 Å². The number of ether oxygens (including phenoxy) is 2. The molecule has 7 nitrogen and oxygen atoms in total. The number of hydrogen-bond donors (Lipinski definition) is 3. The molecule has 1 fully saturated rings. The molecule has 1 aromatic carbocycles. The first-order valence-corrected chi connectivity index (χ1v) is 14.1. The van der Waals surface area contributed by atoms with Crippen LogP contribution in [-0.4, -0.2) is 53.5 Å². The van der Waals surface area contributed by atoms with Gasteiger partial charge in [-0.1, -0.05) is 38.8 Å². The third-order valence-corrected chi connectivity index (χ3v) is 7.57. The fourth-order valence-electron chi connectivity index (χ4n) is 5.52. The smallest absolute Gasteiger partial charge is 0.246 e. The Balaban J connectivity index is 1.51. The van der Waals surface area contributed by atoms with Crippen LogP contribution in [0.5, 0.6) is 5.88 Å². The van der Waals surface area contributed by atoms with Gasteiger partial charge in [-0.2, -0.15) is 0 Å². The van der Waals surface area contributed by atoms with E-state index >= 15 is 0 Å². The summed E-state index contributed by atoms with van der Waals surface area (Å²) in [4.78, 5) is 17.3. The zero-order valence-electron chi connectivity index (χ0n) is 23.8. The number of carbonyl (C=O) groups is 1. The van der Waals surface area contributed by atoms with E-state index in [1.54, 1.807) is 0 Å². The highest BCUT2D eigenvalue weighted by Gasteiger charge is 2.46. The highest BCUT2D eigenvalue weighted by Crippen LogP contribution is 2.48. The van der Waals surface area contributed by atoms with Crippen molar-refractivity contribution in [3.8, 4) is 18.2 Å². The quantitative estimate of drug-likeness (QED) is 0.377. The summed E-state index contributed by atoms with van der Waals surface area (Å²) in [5.41, 5.74) is 3.89. The van der Waals surface area contributed by atoms with E-state index in [0.29, 0.717) is 25.5 Å². The number of terminal acetylenes is 1. The second-order valence-electron chi connectivity index (χ2n) is 12.2. The van der Waals surface area contributed by atoms with Crippen LogP contribution in [-0.2, 0) is 22.4 Å². The Morgan fingerprint density at radius 1 is 1.31 bits per heavy atom. The predicted octanol–water partition coefficient (Wildman–Crippen LogP) is 4.11. The molecule has 2 aromatic rings. The molecule has 0 radical (unpaired) electrons. The SMILES string of the molecule is C#Cc1cccc(C[C@H](NC(=O)COCC)[C@H](O)CN[C@H]2CC3(CCC3)Oc3ncc(CC(C)(C)C)cc32)c1. The minimum atomic E-state index is -0.834. The minimum Gasteiger partial charge on any atom is -0.471 e. The summed E-state index contributed by atoms with van der Waals surface area (Å²) in [5, 5.41) is 17.9. The Hall–Kier alpha value is -2.92. The highest BCUT2D eigenvalue weighted by molar-refractivity contribution is 5.77. The molecule has 1 spiro atoms. The van der Waals surface area contributed by atoms with Crippen molar-refractivity contribution in [2.75, 3.05) is 19.8 Å². The summed E-state index contributed by atoms with van der Waals surface area (Å²) in [6.45, 7) is 9.21. The zero-order valence-corrected chi connectivity index (χ0v) is 23.8. The molecule has 39 heavy (non-hydrogen) atoms. The Morgan fingerprint density at radius 2 is 2.10 bits per heavy atom. The number of pyridine rings is 1. The molecule has 210 valence electrons. The molecule has 7 heteroatoms. The first kappa shape index (κ1) is 29.1. The second kappa shape index (κ2) is 12.5. The van der Waals surface area contributed by atoms with E-state index in [2.05, 4.69) is 43.4 Å². The van der Waals surface area contributed by atoms with Crippen molar-refractivity contribution in [1.82, 2.24) is 15.6 Å². The third-order valence-electron chi connectivity index (χ3n) is 7.57. The van der Waals surface area contributed by atoms with E-state index in [1.165, 1.54) is 5.56 Å². The van der Waals surface area contributed by atoms with Gasteiger partial charge in [0.2, 0.25) is 11.8 Å². The summed E-state index contributed by atoms with van der Waals surface area (Å²) < 4.78 is 11.7. The standard InChI is InChI=1S/C32H43N3O4/c1-6-22-10-8-11-23(14-22)16-26(35-29(37)21-38-7-2)28(36)20-33-27-18-32(12-9-13-32)39-30-25(27)15-24(19-34-30)17-31(3,4)5/h1,8,10-11,14-15,19,26-28,33,36H,7,9,12-13,16-18,20-21H2,2-5H3,(H,35,37)/t26-,27-,28+/m0/s1. The monoisotopic (exact) mass is 533 g/mol. The van der Waals surface area contributed by atoms with E-state index in [1.807, 2.05) is 37.4 Å². The third kappa shape index (κ3) is 7.82. The van der Waals surface area contributed by atoms with E-state index in [4.69, 9.17) is 20.9 Å². The van der Waals surface area contributed by atoms with Gasteiger partial charge >= 0.3 is 0 Å². The lowest BCUT2D eigenvalue weighted by molar-refractivity contribution is -0.127. The fourth-order valence-corrected chi connectivity index (χ4v) is 5.52. The van der Waals surface area contributed by atoms with Gasteiger partial charge in [-0.05, 0) is 73.8 Å². The fraction of sp³-hybridized carbons (Fsp3) is 0.562. The Bertz CT molecular complexity index is 1180. The van der Waals surface area contributed by atoms with Crippen molar-refractivity contribution in [3.05, 3.63) is 58.8 Å². The number of rotatable bonds is 11. The number of aromatic nitrogens is 1. The molecule has 1 saturated carbocycles. The van der Waals surface area contributed by atoms with E-state index < -0.39 is 12.1 Å². The summed E-state index contributed by atoms with van der Waals surface area (Å²) in [6, 6.07) is 9.33. The van der Waals surface area contributed by atoms with Crippen LogP contribution in [0.2, 0.25) is 0 Å². The number of aliphatic hydroxyl groups is 1. The van der Waals surface area contributed by atoms with Crippen LogP contribution < -0.4 is 15.4 Å². The van der Waals surface area contributed by atoms with Gasteiger partial charge in [0, 0.05) is 42.9 Å². The van der Waals surface area contributed by atoms with Crippen LogP contribution in [0.3, 0.4) is 0 Å². The number of amides is 1. The van der Waals surface area contributed by atoms with Gasteiger partial charge in [-0.3, -0.25) is 4.79 Å². The van der Waals surface area contributed by atoms with Crippen LogP contribution in [0.1, 0.15) is 81.7 Å². The maximum Gasteiger partial charge on any atom is 0.246 e. The molecule has 1 aliphatic heterocycles. The Labute approximate surface area is 233 Å². The van der Waals surface area contributed by atoms with Crippen molar-refractivity contribution < 1.29 is 19.4 Å². The topological polar surface area (TPSA) is 92.7 Å². The molecule has 0 unspecified atom stereocenters. The van der Waals surface area contributed by atoms with Crippen molar-refractivity contribution in [2.45, 2.75) is 90.0 Å². The average Bonchev–Trinajstić information content (AvgIpc) is 2.88. The summed E-state index contributed by atoms with van der Waals surface area (Å²) in [6.07, 6.45) is 12.1. The van der Waals surface area contributed by atoms with Crippen molar-refractivity contribution in [2.24, 2.45) is 5.41 Å². The van der Waals surface area contributed by atoms with Gasteiger partial charge in [-0.25, -0.2) is 4.98 Å². The van der Waals surface area contributed by atoms with Crippen LogP contribution in [0.25, 0.3) is 0 Å². The first-order valence-electron chi connectivity index (χ1n) is 14.1. The highest BCUT2D eigenvalue weighted by atomic mass is 16.5. The molecule has 2 aliphatic rings. The molecule has 1 aromatic heterocycles. The van der Waals surface area contributed by atoms with Gasteiger partial charge < -0.3 is 25.2 Å². The summed E-state index contributed by atoms with van der Waals surface area (Å²) in [5.74, 6) is 3.09. The van der Waals surface area contributed by atoms with Gasteiger partial charge in [0.15, 0.2) is 0 Å². The lowest BCUT2D eigenvalue weighted by atomic mass is 9.73. The van der Waals surface area contributed by atoms with Gasteiger partial charge in [0.1, 0.15) is 12.2 Å². The molecule has 2 heterocycles. The second-order valence-corrected chi connectivity index (χ2v) is 12.2. The van der Waals surface area contributed by atoms with Gasteiger partial charge in [0.25, 0.3) is 0 Å². The number of fused-ring (bicyclic) bond motifs is 1. The molecule has 3 N–H and O–H groups in total. The number of hydrogen-bond acceptors (Lipinski definition) is 6. The normalized spacial score (nSPS) is 19.2. The van der Waals surface area contributed by atoms with Crippen molar-refractivity contribution in [3.63, 3.8) is 0 Å². The van der Waals surface area contributed by atoms with Gasteiger partial charge in [-0.15, -0.1) is 6.42 Å². The molecular formula is C32H43N3O4. The van der Waals surface area contributed by atoms with Crippen LogP contribution >= 0.6 is 0 Å². The van der Waals surface area contributed by atoms with E-state index in [9.17, 15) is 9.90 Å². The van der Waals surface area contributed by atoms with Crippen LogP contribution in [0.15, 0.2) is 36.5 Å². The summed E-state index contributed by atoms with van der Waals surface area (Å²) in [7, 11) is 0. The maximum atomic E-state index is 12.6. The first-order chi connectivity index (χ1) is 18.6. The number of nitrogens with zero attached hydrogens (tertiary/aromatic N) is 1. The molecule has 1 amide bonds. The molecule has 3 atom stereocenters. The van der Waals surface area contributed by atoms with Crippen molar-refractivity contribution >= 4 is 5.91 Å². The maximum absolute atomic E-state index is 12.6. The number of benzene rings is 1. The molecule has 0 bridgehead atoms. The summed E-state index contributed by atoms with van der Waals surface area (Å²) >= 11 is 0.